The average molecular weight is 381 g/mol. The molecule has 0 fully saturated rings. The van der Waals surface area contributed by atoms with Crippen molar-refractivity contribution in [2.24, 2.45) is 0 Å². The lowest BCUT2D eigenvalue weighted by molar-refractivity contribution is -0.114. The molecule has 6 heteroatoms. The first kappa shape index (κ1) is 19.9. The van der Waals surface area contributed by atoms with Gasteiger partial charge in [-0.1, -0.05) is 12.1 Å². The summed E-state index contributed by atoms with van der Waals surface area (Å²) in [5.41, 5.74) is 2.06. The molecule has 2 heterocycles. The van der Waals surface area contributed by atoms with E-state index in [4.69, 9.17) is 9.15 Å². The number of aromatic nitrogens is 2. The van der Waals surface area contributed by atoms with Crippen LogP contribution in [0.25, 0.3) is 0 Å². The molecule has 6 nitrogen and oxygen atoms in total. The number of nitrogens with zero attached hydrogens (tertiary/aromatic N) is 2. The van der Waals surface area contributed by atoms with Gasteiger partial charge in [0.2, 0.25) is 5.91 Å². The van der Waals surface area contributed by atoms with Crippen LogP contribution in [0.1, 0.15) is 31.1 Å². The van der Waals surface area contributed by atoms with Crippen molar-refractivity contribution in [3.63, 3.8) is 0 Å². The lowest BCUT2D eigenvalue weighted by atomic mass is 10.1. The third-order valence-electron chi connectivity index (χ3n) is 4.50. The highest BCUT2D eigenvalue weighted by atomic mass is 16.5. The molecular weight excluding hydrogens is 354 g/mol. The summed E-state index contributed by atoms with van der Waals surface area (Å²) in [5, 5.41) is 2.78. The van der Waals surface area contributed by atoms with Gasteiger partial charge in [-0.2, -0.15) is 0 Å². The van der Waals surface area contributed by atoms with Crippen molar-refractivity contribution in [2.75, 3.05) is 11.9 Å². The van der Waals surface area contributed by atoms with Crippen LogP contribution in [0.3, 0.4) is 0 Å². The first-order valence-corrected chi connectivity index (χ1v) is 9.65. The second kappa shape index (κ2) is 10.5. The van der Waals surface area contributed by atoms with Crippen molar-refractivity contribution in [3.8, 4) is 0 Å². The lowest BCUT2D eigenvalue weighted by Gasteiger charge is -2.18. The van der Waals surface area contributed by atoms with Crippen LogP contribution in [-0.2, 0) is 28.9 Å². The maximum Gasteiger partial charge on any atom is 0.221 e. The summed E-state index contributed by atoms with van der Waals surface area (Å²) in [5.74, 6) is 0.929. The minimum absolute atomic E-state index is 0.0559. The number of furan rings is 1. The van der Waals surface area contributed by atoms with Crippen molar-refractivity contribution in [1.29, 1.82) is 0 Å². The largest absolute Gasteiger partial charge is 0.469 e. The second-order valence-electron chi connectivity index (χ2n) is 6.85. The van der Waals surface area contributed by atoms with Crippen LogP contribution in [0.4, 0.5) is 5.69 Å². The minimum atomic E-state index is -0.0559. The molecule has 3 aromatic rings. The molecule has 1 unspecified atom stereocenters. The van der Waals surface area contributed by atoms with Gasteiger partial charge in [0.25, 0.3) is 0 Å². The predicted molar refractivity (Wildman–Crippen MR) is 108 cm³/mol. The number of carbonyl (C=O) groups is 1. The Kier molecular flexibility index (Phi) is 7.44. The predicted octanol–water partition coefficient (Wildman–Crippen LogP) is 4.09. The maximum atomic E-state index is 11.1. The number of hydrogen-bond donors (Lipinski definition) is 1. The van der Waals surface area contributed by atoms with Crippen molar-refractivity contribution >= 4 is 11.6 Å². The average Bonchev–Trinajstić information content (AvgIpc) is 3.38. The zero-order valence-corrected chi connectivity index (χ0v) is 16.2. The Morgan fingerprint density at radius 2 is 2.11 bits per heavy atom. The highest BCUT2D eigenvalue weighted by molar-refractivity contribution is 5.88. The maximum absolute atomic E-state index is 11.1. The number of benzene rings is 1. The van der Waals surface area contributed by atoms with Crippen molar-refractivity contribution in [3.05, 3.63) is 72.7 Å². The zero-order chi connectivity index (χ0) is 19.6. The highest BCUT2D eigenvalue weighted by Gasteiger charge is 2.11. The zero-order valence-electron chi connectivity index (χ0n) is 16.2. The van der Waals surface area contributed by atoms with Crippen LogP contribution in [0.15, 0.2) is 65.8 Å². The molecule has 0 aliphatic heterocycles. The fourth-order valence-corrected chi connectivity index (χ4v) is 3.10. The lowest BCUT2D eigenvalue weighted by Crippen LogP contribution is -2.21. The number of amides is 1. The summed E-state index contributed by atoms with van der Waals surface area (Å²) >= 11 is 0. The van der Waals surface area contributed by atoms with Crippen LogP contribution < -0.4 is 5.32 Å². The molecule has 28 heavy (non-hydrogen) atoms. The van der Waals surface area contributed by atoms with Crippen molar-refractivity contribution in [1.82, 2.24) is 9.55 Å². The number of rotatable bonds is 11. The van der Waals surface area contributed by atoms with E-state index in [1.54, 1.807) is 12.5 Å². The molecule has 148 valence electrons. The van der Waals surface area contributed by atoms with Crippen LogP contribution in [-0.4, -0.2) is 28.2 Å². The third kappa shape index (κ3) is 6.70. The van der Waals surface area contributed by atoms with E-state index < -0.39 is 0 Å². The Labute approximate surface area is 165 Å². The fourth-order valence-electron chi connectivity index (χ4n) is 3.10. The second-order valence-corrected chi connectivity index (χ2v) is 6.85. The van der Waals surface area contributed by atoms with Crippen molar-refractivity contribution < 1.29 is 13.9 Å². The monoisotopic (exact) mass is 381 g/mol. The summed E-state index contributed by atoms with van der Waals surface area (Å²) in [4.78, 5) is 15.2. The fraction of sp³-hybridized carbons (Fsp3) is 0.364. The van der Waals surface area contributed by atoms with Gasteiger partial charge in [0.1, 0.15) is 5.76 Å². The third-order valence-corrected chi connectivity index (χ3v) is 4.50. The number of hydrogen-bond acceptors (Lipinski definition) is 4. The number of aryl methyl sites for hydroxylation is 2. The Hall–Kier alpha value is -2.86. The van der Waals surface area contributed by atoms with Gasteiger partial charge in [0, 0.05) is 44.6 Å². The first-order valence-electron chi connectivity index (χ1n) is 9.65. The topological polar surface area (TPSA) is 69.3 Å². The van der Waals surface area contributed by atoms with Gasteiger partial charge in [0.05, 0.1) is 18.7 Å². The Morgan fingerprint density at radius 1 is 1.25 bits per heavy atom. The van der Waals surface area contributed by atoms with Crippen LogP contribution in [0, 0.1) is 0 Å². The number of anilines is 1. The summed E-state index contributed by atoms with van der Waals surface area (Å²) in [6.07, 6.45) is 11.0. The van der Waals surface area contributed by atoms with Gasteiger partial charge in [0.15, 0.2) is 0 Å². The van der Waals surface area contributed by atoms with E-state index in [0.717, 1.165) is 43.7 Å². The summed E-state index contributed by atoms with van der Waals surface area (Å²) in [6.45, 7) is 2.99. The molecule has 1 amide bonds. The van der Waals surface area contributed by atoms with E-state index in [1.165, 1.54) is 12.5 Å². The molecule has 0 bridgehead atoms. The minimum Gasteiger partial charge on any atom is -0.469 e. The molecule has 3 rings (SSSR count). The standard InChI is InChI=1S/C22H27N3O3/c1-18(26)24-20-8-6-19(7-9-20)4-2-14-28-22(16-25-13-12-23-17-25)11-10-21-5-3-15-27-21/h3,5-9,12-13,15,17,22H,2,4,10-11,14,16H2,1H3,(H,24,26). The van der Waals surface area contributed by atoms with E-state index in [-0.39, 0.29) is 12.0 Å². The molecule has 1 aromatic carbocycles. The highest BCUT2D eigenvalue weighted by Crippen LogP contribution is 2.13. The Morgan fingerprint density at radius 3 is 2.79 bits per heavy atom. The van der Waals surface area contributed by atoms with Crippen LogP contribution in [0.5, 0.6) is 0 Å². The van der Waals surface area contributed by atoms with Gasteiger partial charge in [-0.05, 0) is 49.1 Å². The van der Waals surface area contributed by atoms with Gasteiger partial charge in [-0.15, -0.1) is 0 Å². The van der Waals surface area contributed by atoms with E-state index in [9.17, 15) is 4.79 Å². The number of ether oxygens (including phenoxy) is 1. The number of imidazole rings is 1. The van der Waals surface area contributed by atoms with E-state index in [2.05, 4.69) is 10.3 Å². The smallest absolute Gasteiger partial charge is 0.221 e. The molecular formula is C22H27N3O3. The van der Waals surface area contributed by atoms with Gasteiger partial charge in [-0.3, -0.25) is 4.79 Å². The molecule has 0 aliphatic carbocycles. The summed E-state index contributed by atoms with van der Waals surface area (Å²) in [7, 11) is 0. The van der Waals surface area contributed by atoms with E-state index >= 15 is 0 Å². The van der Waals surface area contributed by atoms with Gasteiger partial charge in [-0.25, -0.2) is 4.98 Å². The van der Waals surface area contributed by atoms with Gasteiger partial charge < -0.3 is 19.0 Å². The molecule has 1 N–H and O–H groups in total. The normalized spacial score (nSPS) is 12.0. The molecule has 0 spiro atoms. The van der Waals surface area contributed by atoms with E-state index in [0.29, 0.717) is 6.61 Å². The quantitative estimate of drug-likeness (QED) is 0.508. The number of carbonyl (C=O) groups excluding carboxylic acids is 1. The molecule has 2 aromatic heterocycles. The molecule has 0 aliphatic rings. The summed E-state index contributed by atoms with van der Waals surface area (Å²) in [6, 6.07) is 11.9. The number of nitrogens with one attached hydrogen (secondary N) is 1. The molecule has 1 atom stereocenters. The van der Waals surface area contributed by atoms with Crippen LogP contribution >= 0.6 is 0 Å². The van der Waals surface area contributed by atoms with Crippen LogP contribution in [0.2, 0.25) is 0 Å². The molecule has 0 saturated heterocycles. The molecule has 0 saturated carbocycles. The Bertz CT molecular complexity index is 811. The SMILES string of the molecule is CC(=O)Nc1ccc(CCCOC(CCc2ccco2)Cn2ccnc2)cc1. The molecule has 0 radical (unpaired) electrons. The Balaban J connectivity index is 1.43. The van der Waals surface area contributed by atoms with Crippen molar-refractivity contribution in [2.45, 2.75) is 45.3 Å². The van der Waals surface area contributed by atoms with E-state index in [1.807, 2.05) is 53.5 Å². The first-order chi connectivity index (χ1) is 13.7. The summed E-state index contributed by atoms with van der Waals surface area (Å²) < 4.78 is 13.6. The van der Waals surface area contributed by atoms with Gasteiger partial charge >= 0.3 is 0 Å².